The number of hydrogen-bond donors (Lipinski definition) is 2. The number of benzene rings is 1. The van der Waals surface area contributed by atoms with Crippen LogP contribution in [-0.2, 0) is 0 Å². The monoisotopic (exact) mass is 250 g/mol. The predicted molar refractivity (Wildman–Crippen MR) is 75.1 cm³/mol. The number of ether oxygens (including phenoxy) is 1. The number of rotatable bonds is 9. The Balaban J connectivity index is 2.23. The molecule has 0 aliphatic rings. The van der Waals surface area contributed by atoms with Gasteiger partial charge in [0.25, 0.3) is 0 Å². The van der Waals surface area contributed by atoms with Crippen molar-refractivity contribution in [3.8, 4) is 5.75 Å². The van der Waals surface area contributed by atoms with Gasteiger partial charge < -0.3 is 14.8 Å². The van der Waals surface area contributed by atoms with E-state index in [0.717, 1.165) is 6.42 Å². The van der Waals surface area contributed by atoms with E-state index < -0.39 is 7.12 Å². The smallest absolute Gasteiger partial charge is 0.492 e. The summed E-state index contributed by atoms with van der Waals surface area (Å²) in [5.41, 5.74) is 0.434. The first-order chi connectivity index (χ1) is 8.75. The Kier molecular flexibility index (Phi) is 7.54. The molecule has 2 N–H and O–H groups in total. The molecular weight excluding hydrogens is 227 g/mol. The second-order valence-electron chi connectivity index (χ2n) is 4.53. The summed E-state index contributed by atoms with van der Waals surface area (Å²) in [6, 6.07) is 7.04. The number of unbranched alkanes of at least 4 members (excludes halogenated alkanes) is 5. The second-order valence-corrected chi connectivity index (χ2v) is 4.53. The number of hydrogen-bond acceptors (Lipinski definition) is 3. The Morgan fingerprint density at radius 1 is 1.00 bits per heavy atom. The molecular formula is C14H23BO3. The lowest BCUT2D eigenvalue weighted by Gasteiger charge is -2.10. The normalized spacial score (nSPS) is 10.4. The van der Waals surface area contributed by atoms with E-state index in [4.69, 9.17) is 4.74 Å². The van der Waals surface area contributed by atoms with Crippen molar-refractivity contribution < 1.29 is 14.8 Å². The summed E-state index contributed by atoms with van der Waals surface area (Å²) in [6.07, 6.45) is 7.30. The largest absolute Gasteiger partial charge is 0.494 e. The first-order valence-electron chi connectivity index (χ1n) is 6.83. The summed E-state index contributed by atoms with van der Waals surface area (Å²) in [4.78, 5) is 0. The fourth-order valence-corrected chi connectivity index (χ4v) is 1.89. The molecule has 0 bridgehead atoms. The first kappa shape index (κ1) is 15.1. The highest BCUT2D eigenvalue weighted by Crippen LogP contribution is 2.09. The van der Waals surface area contributed by atoms with Crippen LogP contribution in [0, 0.1) is 0 Å². The summed E-state index contributed by atoms with van der Waals surface area (Å²) >= 11 is 0. The SMILES string of the molecule is CCCCCCCCOc1ccccc1B(O)O. The van der Waals surface area contributed by atoms with Crippen LogP contribution in [0.5, 0.6) is 5.75 Å². The Labute approximate surface area is 110 Å². The predicted octanol–water partition coefficient (Wildman–Crippen LogP) is 2.11. The van der Waals surface area contributed by atoms with Gasteiger partial charge in [-0.3, -0.25) is 0 Å². The highest BCUT2D eigenvalue weighted by atomic mass is 16.5. The molecule has 0 saturated carbocycles. The minimum atomic E-state index is -1.47. The molecule has 0 spiro atoms. The third-order valence-electron chi connectivity index (χ3n) is 2.95. The summed E-state index contributed by atoms with van der Waals surface area (Å²) in [6.45, 7) is 2.84. The van der Waals surface area contributed by atoms with Crippen molar-refractivity contribution in [2.75, 3.05) is 6.61 Å². The van der Waals surface area contributed by atoms with E-state index in [1.54, 1.807) is 18.2 Å². The molecule has 1 aromatic rings. The molecule has 100 valence electrons. The molecule has 0 unspecified atom stereocenters. The summed E-state index contributed by atoms with van der Waals surface area (Å²) < 4.78 is 5.58. The van der Waals surface area contributed by atoms with Gasteiger partial charge in [-0.15, -0.1) is 0 Å². The maximum Gasteiger partial charge on any atom is 0.492 e. The molecule has 0 heterocycles. The Bertz CT molecular complexity index is 329. The molecule has 3 nitrogen and oxygen atoms in total. The molecule has 0 aromatic heterocycles. The lowest BCUT2D eigenvalue weighted by molar-refractivity contribution is 0.305. The lowest BCUT2D eigenvalue weighted by Crippen LogP contribution is -2.31. The van der Waals surface area contributed by atoms with Crippen molar-refractivity contribution >= 4 is 12.6 Å². The van der Waals surface area contributed by atoms with Crippen molar-refractivity contribution in [3.63, 3.8) is 0 Å². The fourth-order valence-electron chi connectivity index (χ4n) is 1.89. The molecule has 0 aliphatic heterocycles. The zero-order valence-electron chi connectivity index (χ0n) is 11.1. The van der Waals surface area contributed by atoms with Crippen LogP contribution < -0.4 is 10.2 Å². The Morgan fingerprint density at radius 3 is 2.39 bits per heavy atom. The van der Waals surface area contributed by atoms with Crippen molar-refractivity contribution in [1.29, 1.82) is 0 Å². The van der Waals surface area contributed by atoms with E-state index in [0.29, 0.717) is 17.8 Å². The quantitative estimate of drug-likeness (QED) is 0.521. The summed E-state index contributed by atoms with van der Waals surface area (Å²) in [7, 11) is -1.47. The number of para-hydroxylation sites is 1. The average Bonchev–Trinajstić information content (AvgIpc) is 2.38. The molecule has 0 atom stereocenters. The van der Waals surface area contributed by atoms with E-state index in [1.807, 2.05) is 6.07 Å². The first-order valence-corrected chi connectivity index (χ1v) is 6.83. The zero-order valence-corrected chi connectivity index (χ0v) is 11.1. The van der Waals surface area contributed by atoms with Crippen LogP contribution >= 0.6 is 0 Å². The summed E-state index contributed by atoms with van der Waals surface area (Å²) in [5.74, 6) is 0.570. The topological polar surface area (TPSA) is 49.7 Å². The van der Waals surface area contributed by atoms with Crippen LogP contribution in [0.3, 0.4) is 0 Å². The molecule has 1 rings (SSSR count). The van der Waals surface area contributed by atoms with E-state index >= 15 is 0 Å². The second kappa shape index (κ2) is 9.00. The minimum absolute atomic E-state index is 0.434. The van der Waals surface area contributed by atoms with Crippen LogP contribution in [0.1, 0.15) is 45.4 Å². The van der Waals surface area contributed by atoms with Gasteiger partial charge in [0.05, 0.1) is 6.61 Å². The molecule has 4 heteroatoms. The zero-order chi connectivity index (χ0) is 13.2. The van der Waals surface area contributed by atoms with Gasteiger partial charge in [-0.05, 0) is 12.5 Å². The van der Waals surface area contributed by atoms with E-state index in [2.05, 4.69) is 6.92 Å². The van der Waals surface area contributed by atoms with Gasteiger partial charge >= 0.3 is 7.12 Å². The fraction of sp³-hybridized carbons (Fsp3) is 0.571. The van der Waals surface area contributed by atoms with E-state index in [9.17, 15) is 10.0 Å². The van der Waals surface area contributed by atoms with Crippen molar-refractivity contribution in [3.05, 3.63) is 24.3 Å². The van der Waals surface area contributed by atoms with E-state index in [1.165, 1.54) is 32.1 Å². The highest BCUT2D eigenvalue weighted by molar-refractivity contribution is 6.59. The highest BCUT2D eigenvalue weighted by Gasteiger charge is 2.15. The minimum Gasteiger partial charge on any atom is -0.494 e. The molecule has 0 amide bonds. The van der Waals surface area contributed by atoms with Crippen LogP contribution in [0.25, 0.3) is 0 Å². The standard InChI is InChI=1S/C14H23BO3/c1-2-3-4-5-6-9-12-18-14-11-8-7-10-13(14)15(16)17/h7-8,10-11,16-17H,2-6,9,12H2,1H3. The van der Waals surface area contributed by atoms with Gasteiger partial charge in [-0.25, -0.2) is 0 Å². The van der Waals surface area contributed by atoms with Crippen LogP contribution in [-0.4, -0.2) is 23.8 Å². The lowest BCUT2D eigenvalue weighted by atomic mass is 9.79. The molecule has 0 aliphatic carbocycles. The van der Waals surface area contributed by atoms with Gasteiger partial charge in [-0.2, -0.15) is 0 Å². The molecule has 0 radical (unpaired) electrons. The maximum absolute atomic E-state index is 9.18. The van der Waals surface area contributed by atoms with Crippen molar-refractivity contribution in [1.82, 2.24) is 0 Å². The van der Waals surface area contributed by atoms with Gasteiger partial charge in [-0.1, -0.05) is 57.2 Å². The summed E-state index contributed by atoms with van der Waals surface area (Å²) in [5, 5.41) is 18.4. The molecule has 0 saturated heterocycles. The Morgan fingerprint density at radius 2 is 1.67 bits per heavy atom. The van der Waals surface area contributed by atoms with Gasteiger partial charge in [0.2, 0.25) is 0 Å². The average molecular weight is 250 g/mol. The van der Waals surface area contributed by atoms with Gasteiger partial charge in [0, 0.05) is 5.46 Å². The van der Waals surface area contributed by atoms with Crippen molar-refractivity contribution in [2.45, 2.75) is 45.4 Å². The van der Waals surface area contributed by atoms with Crippen LogP contribution in [0.2, 0.25) is 0 Å². The molecule has 0 fully saturated rings. The maximum atomic E-state index is 9.18. The van der Waals surface area contributed by atoms with Crippen LogP contribution in [0.4, 0.5) is 0 Å². The van der Waals surface area contributed by atoms with Gasteiger partial charge in [0.1, 0.15) is 5.75 Å². The molecule has 1 aromatic carbocycles. The van der Waals surface area contributed by atoms with Gasteiger partial charge in [0.15, 0.2) is 0 Å². The van der Waals surface area contributed by atoms with E-state index in [-0.39, 0.29) is 0 Å². The van der Waals surface area contributed by atoms with Crippen molar-refractivity contribution in [2.24, 2.45) is 0 Å². The third kappa shape index (κ3) is 5.56. The third-order valence-corrected chi connectivity index (χ3v) is 2.95. The Hall–Kier alpha value is -0.995. The van der Waals surface area contributed by atoms with Crippen LogP contribution in [0.15, 0.2) is 24.3 Å². The molecule has 18 heavy (non-hydrogen) atoms.